The average Bonchev–Trinajstić information content (AvgIpc) is 3.56. The number of likely N-dealkylation sites (tertiary alicyclic amines) is 1. The highest BCUT2D eigenvalue weighted by atomic mass is 16.5. The molecule has 2 aliphatic rings. The maximum atomic E-state index is 12.8. The number of hydrogen-bond donors (Lipinski definition) is 0. The first kappa shape index (κ1) is 18.4. The Morgan fingerprint density at radius 2 is 1.96 bits per heavy atom. The molecule has 2 heterocycles. The summed E-state index contributed by atoms with van der Waals surface area (Å²) < 4.78 is 5.76. The van der Waals surface area contributed by atoms with Crippen molar-refractivity contribution in [2.75, 3.05) is 26.2 Å². The third kappa shape index (κ3) is 4.49. The van der Waals surface area contributed by atoms with E-state index in [0.29, 0.717) is 24.0 Å². The smallest absolute Gasteiger partial charge is 0.338 e. The first-order valence-corrected chi connectivity index (χ1v) is 10.5. The number of carbonyl (C=O) groups excluding carboxylic acids is 1. The number of piperidine rings is 1. The summed E-state index contributed by atoms with van der Waals surface area (Å²) in [5, 5.41) is 0.904. The lowest BCUT2D eigenvalue weighted by Gasteiger charge is -2.31. The number of carbonyl (C=O) groups is 1. The van der Waals surface area contributed by atoms with Crippen molar-refractivity contribution in [3.8, 4) is 0 Å². The maximum Gasteiger partial charge on any atom is 0.338 e. The third-order valence-corrected chi connectivity index (χ3v) is 5.94. The van der Waals surface area contributed by atoms with Crippen molar-refractivity contribution in [2.45, 2.75) is 51.4 Å². The number of unbranched alkanes of at least 4 members (excludes halogenated alkanes) is 1. The predicted molar refractivity (Wildman–Crippen MR) is 108 cm³/mol. The topological polar surface area (TPSA) is 42.4 Å². The highest BCUT2D eigenvalue weighted by molar-refractivity contribution is 6.03. The number of aromatic nitrogens is 1. The molecule has 4 heteroatoms. The van der Waals surface area contributed by atoms with E-state index in [1.165, 1.54) is 32.2 Å². The van der Waals surface area contributed by atoms with Gasteiger partial charge in [0.1, 0.15) is 0 Å². The third-order valence-electron chi connectivity index (χ3n) is 5.94. The molecule has 4 nitrogen and oxygen atoms in total. The van der Waals surface area contributed by atoms with Crippen LogP contribution >= 0.6 is 0 Å². The van der Waals surface area contributed by atoms with Crippen molar-refractivity contribution >= 4 is 16.9 Å². The number of hydrogen-bond acceptors (Lipinski definition) is 4. The van der Waals surface area contributed by atoms with Crippen molar-refractivity contribution in [2.24, 2.45) is 5.92 Å². The second kappa shape index (κ2) is 8.39. The van der Waals surface area contributed by atoms with Gasteiger partial charge < -0.3 is 9.64 Å². The Morgan fingerprint density at radius 3 is 2.70 bits per heavy atom. The van der Waals surface area contributed by atoms with Gasteiger partial charge in [-0.2, -0.15) is 0 Å². The molecule has 0 atom stereocenters. The number of nitrogens with zero attached hydrogens (tertiary/aromatic N) is 2. The number of para-hydroxylation sites is 1. The van der Waals surface area contributed by atoms with E-state index in [2.05, 4.69) is 11.8 Å². The van der Waals surface area contributed by atoms with Crippen LogP contribution in [-0.2, 0) is 4.74 Å². The van der Waals surface area contributed by atoms with E-state index in [-0.39, 0.29) is 5.97 Å². The van der Waals surface area contributed by atoms with Gasteiger partial charge in [0.2, 0.25) is 0 Å². The van der Waals surface area contributed by atoms with Crippen LogP contribution in [0.1, 0.15) is 67.4 Å². The molecule has 0 N–H and O–H groups in total. The van der Waals surface area contributed by atoms with Crippen molar-refractivity contribution in [3.63, 3.8) is 0 Å². The standard InChI is InChI=1S/C23H30N2O2/c1-2-3-12-25-13-10-17(11-14-25)16-27-23(26)20-15-22(18-8-9-18)24-21-7-5-4-6-19(20)21/h4-7,15,17-18H,2-3,8-14,16H2,1H3. The summed E-state index contributed by atoms with van der Waals surface area (Å²) in [6.45, 7) is 6.24. The van der Waals surface area contributed by atoms with Gasteiger partial charge in [-0.25, -0.2) is 4.79 Å². The number of ether oxygens (including phenoxy) is 1. The van der Waals surface area contributed by atoms with Crippen molar-refractivity contribution in [3.05, 3.63) is 41.6 Å². The lowest BCUT2D eigenvalue weighted by molar-refractivity contribution is 0.0374. The van der Waals surface area contributed by atoms with E-state index < -0.39 is 0 Å². The summed E-state index contributed by atoms with van der Waals surface area (Å²) in [7, 11) is 0. The molecule has 0 spiro atoms. The summed E-state index contributed by atoms with van der Waals surface area (Å²) in [6.07, 6.45) is 7.13. The molecular formula is C23H30N2O2. The van der Waals surface area contributed by atoms with Gasteiger partial charge in [0.25, 0.3) is 0 Å². The molecule has 1 saturated heterocycles. The van der Waals surface area contributed by atoms with Crippen LogP contribution in [0.2, 0.25) is 0 Å². The van der Waals surface area contributed by atoms with Crippen LogP contribution in [0, 0.1) is 5.92 Å². The highest BCUT2D eigenvalue weighted by Gasteiger charge is 2.27. The Balaban J connectivity index is 1.39. The molecule has 1 saturated carbocycles. The lowest BCUT2D eigenvalue weighted by Crippen LogP contribution is -2.36. The molecule has 1 aliphatic carbocycles. The zero-order chi connectivity index (χ0) is 18.6. The normalized spacial score (nSPS) is 18.7. The lowest BCUT2D eigenvalue weighted by atomic mass is 9.97. The summed E-state index contributed by atoms with van der Waals surface area (Å²) >= 11 is 0. The second-order valence-electron chi connectivity index (χ2n) is 8.12. The minimum atomic E-state index is -0.191. The Labute approximate surface area is 161 Å². The van der Waals surface area contributed by atoms with E-state index in [0.717, 1.165) is 42.5 Å². The van der Waals surface area contributed by atoms with Gasteiger partial charge >= 0.3 is 5.97 Å². The van der Waals surface area contributed by atoms with Gasteiger partial charge in [0.05, 0.1) is 17.7 Å². The molecule has 144 valence electrons. The zero-order valence-electron chi connectivity index (χ0n) is 16.3. The molecular weight excluding hydrogens is 336 g/mol. The van der Waals surface area contributed by atoms with Crippen LogP contribution in [0.5, 0.6) is 0 Å². The first-order valence-electron chi connectivity index (χ1n) is 10.5. The average molecular weight is 367 g/mol. The number of benzene rings is 1. The number of rotatable bonds is 7. The second-order valence-corrected chi connectivity index (χ2v) is 8.12. The summed E-state index contributed by atoms with van der Waals surface area (Å²) in [6, 6.07) is 9.87. The Kier molecular flexibility index (Phi) is 5.72. The van der Waals surface area contributed by atoms with E-state index in [1.807, 2.05) is 30.3 Å². The van der Waals surface area contributed by atoms with Crippen LogP contribution in [0.4, 0.5) is 0 Å². The summed E-state index contributed by atoms with van der Waals surface area (Å²) in [5.41, 5.74) is 2.63. The number of pyridine rings is 1. The fraction of sp³-hybridized carbons (Fsp3) is 0.565. The molecule has 1 aromatic carbocycles. The SMILES string of the molecule is CCCCN1CCC(COC(=O)c2cc(C3CC3)nc3ccccc23)CC1. The first-order chi connectivity index (χ1) is 13.2. The Bertz CT molecular complexity index is 792. The fourth-order valence-corrected chi connectivity index (χ4v) is 3.98. The van der Waals surface area contributed by atoms with Gasteiger partial charge in [0, 0.05) is 17.0 Å². The van der Waals surface area contributed by atoms with Crippen LogP contribution in [0.15, 0.2) is 30.3 Å². The molecule has 1 aromatic heterocycles. The molecule has 0 bridgehead atoms. The Morgan fingerprint density at radius 1 is 1.19 bits per heavy atom. The molecule has 2 aromatic rings. The van der Waals surface area contributed by atoms with Crippen molar-refractivity contribution in [1.29, 1.82) is 0 Å². The monoisotopic (exact) mass is 366 g/mol. The summed E-state index contributed by atoms with van der Waals surface area (Å²) in [4.78, 5) is 20.1. The molecule has 27 heavy (non-hydrogen) atoms. The van der Waals surface area contributed by atoms with Crippen LogP contribution in [0.25, 0.3) is 10.9 Å². The Hall–Kier alpha value is -1.94. The van der Waals surface area contributed by atoms with Gasteiger partial charge in [-0.05, 0) is 69.8 Å². The van der Waals surface area contributed by atoms with Gasteiger partial charge in [-0.15, -0.1) is 0 Å². The molecule has 2 fully saturated rings. The molecule has 0 unspecified atom stereocenters. The molecule has 0 amide bonds. The maximum absolute atomic E-state index is 12.8. The largest absolute Gasteiger partial charge is 0.462 e. The fourth-order valence-electron chi connectivity index (χ4n) is 3.98. The van der Waals surface area contributed by atoms with E-state index in [1.54, 1.807) is 0 Å². The minimum absolute atomic E-state index is 0.191. The summed E-state index contributed by atoms with van der Waals surface area (Å²) in [5.74, 6) is 0.820. The van der Waals surface area contributed by atoms with Crippen LogP contribution in [0.3, 0.4) is 0 Å². The molecule has 4 rings (SSSR count). The van der Waals surface area contributed by atoms with Gasteiger partial charge in [-0.3, -0.25) is 4.98 Å². The highest BCUT2D eigenvalue weighted by Crippen LogP contribution is 2.40. The van der Waals surface area contributed by atoms with Crippen LogP contribution in [-0.4, -0.2) is 42.1 Å². The number of fused-ring (bicyclic) bond motifs is 1. The predicted octanol–water partition coefficient (Wildman–Crippen LogP) is 4.78. The van der Waals surface area contributed by atoms with Gasteiger partial charge in [0.15, 0.2) is 0 Å². The molecule has 1 aliphatic heterocycles. The van der Waals surface area contributed by atoms with Crippen molar-refractivity contribution < 1.29 is 9.53 Å². The zero-order valence-corrected chi connectivity index (χ0v) is 16.3. The van der Waals surface area contributed by atoms with Gasteiger partial charge in [-0.1, -0.05) is 31.5 Å². The minimum Gasteiger partial charge on any atom is -0.462 e. The quantitative estimate of drug-likeness (QED) is 0.661. The van der Waals surface area contributed by atoms with Crippen LogP contribution < -0.4 is 0 Å². The number of esters is 1. The van der Waals surface area contributed by atoms with E-state index in [4.69, 9.17) is 9.72 Å². The van der Waals surface area contributed by atoms with Crippen molar-refractivity contribution in [1.82, 2.24) is 9.88 Å². The van der Waals surface area contributed by atoms with E-state index in [9.17, 15) is 4.79 Å². The molecule has 0 radical (unpaired) electrons. The van der Waals surface area contributed by atoms with E-state index >= 15 is 0 Å².